The van der Waals surface area contributed by atoms with E-state index in [0.29, 0.717) is 31.7 Å². The van der Waals surface area contributed by atoms with Crippen LogP contribution in [0.5, 0.6) is 0 Å². The summed E-state index contributed by atoms with van der Waals surface area (Å²) in [6, 6.07) is 1.63. The molecule has 2 aromatic rings. The fraction of sp³-hybridized carbons (Fsp3) is 0.619. The van der Waals surface area contributed by atoms with E-state index in [0.717, 1.165) is 16.9 Å². The van der Waals surface area contributed by atoms with Crippen LogP contribution >= 0.6 is 0 Å². The van der Waals surface area contributed by atoms with Crippen molar-refractivity contribution in [2.24, 2.45) is 0 Å². The number of carbonyl (C=O) groups excluding carboxylic acids is 1. The zero-order valence-electron chi connectivity index (χ0n) is 18.5. The van der Waals surface area contributed by atoms with Crippen LogP contribution in [0.3, 0.4) is 0 Å². The molecule has 0 saturated carbocycles. The van der Waals surface area contributed by atoms with Crippen molar-refractivity contribution < 1.29 is 19.4 Å². The number of hydrogen-bond acceptors (Lipinski definition) is 5. The fourth-order valence-corrected chi connectivity index (χ4v) is 3.72. The maximum absolute atomic E-state index is 13.3. The summed E-state index contributed by atoms with van der Waals surface area (Å²) in [7, 11) is 0. The van der Waals surface area contributed by atoms with Gasteiger partial charge in [0.25, 0.3) is 0 Å². The van der Waals surface area contributed by atoms with Crippen LogP contribution in [0.4, 0.5) is 15.4 Å². The summed E-state index contributed by atoms with van der Waals surface area (Å²) < 4.78 is 7.41. The normalized spacial score (nSPS) is 15.6. The first kappa shape index (κ1) is 21.9. The molecule has 0 bridgehead atoms. The Kier molecular flexibility index (Phi) is 5.92. The molecule has 0 spiro atoms. The molecule has 9 nitrogen and oxygen atoms in total. The maximum Gasteiger partial charge on any atom is 0.416 e. The first-order valence-electron chi connectivity index (χ1n) is 10.3. The molecule has 0 unspecified atom stereocenters. The molecule has 1 N–H and O–H groups in total. The van der Waals surface area contributed by atoms with Crippen molar-refractivity contribution in [1.29, 1.82) is 0 Å². The summed E-state index contributed by atoms with van der Waals surface area (Å²) in [6.45, 7) is 12.3. The maximum atomic E-state index is 13.3. The number of amides is 2. The van der Waals surface area contributed by atoms with Crippen LogP contribution in [0.2, 0.25) is 0 Å². The van der Waals surface area contributed by atoms with Crippen molar-refractivity contribution in [2.45, 2.75) is 71.9 Å². The Balaban J connectivity index is 2.06. The minimum Gasteiger partial charge on any atom is -0.465 e. The van der Waals surface area contributed by atoms with Gasteiger partial charge in [-0.05, 0) is 46.5 Å². The second-order valence-electron chi connectivity index (χ2n) is 9.10. The highest BCUT2D eigenvalue weighted by Gasteiger charge is 2.35. The molecule has 3 rings (SSSR count). The highest BCUT2D eigenvalue weighted by molar-refractivity contribution is 5.88. The van der Waals surface area contributed by atoms with E-state index in [4.69, 9.17) is 4.74 Å². The molecule has 30 heavy (non-hydrogen) atoms. The number of nitrogens with zero attached hydrogens (tertiary/aromatic N) is 5. The number of aryl methyl sites for hydroxylation is 1. The molecule has 1 fully saturated rings. The zero-order valence-corrected chi connectivity index (χ0v) is 18.5. The van der Waals surface area contributed by atoms with Gasteiger partial charge < -0.3 is 14.7 Å². The number of piperidine rings is 1. The van der Waals surface area contributed by atoms with Gasteiger partial charge in [0.15, 0.2) is 5.65 Å². The van der Waals surface area contributed by atoms with Gasteiger partial charge in [0.05, 0.1) is 6.20 Å². The first-order chi connectivity index (χ1) is 14.0. The van der Waals surface area contributed by atoms with Crippen LogP contribution < -0.4 is 4.90 Å². The van der Waals surface area contributed by atoms with Gasteiger partial charge in [-0.2, -0.15) is 9.61 Å². The van der Waals surface area contributed by atoms with Crippen molar-refractivity contribution in [1.82, 2.24) is 19.5 Å². The molecule has 3 heterocycles. The standard InChI is InChI=1S/C21H31N5O4/c1-13(2)16-12-22-26-17(11-14(3)23-18(16)26)25(20(29)30-21(4,5)6)15-7-9-24(10-8-15)19(27)28/h11-13,15H,7-10H2,1-6H3,(H,27,28). The van der Waals surface area contributed by atoms with Crippen LogP contribution in [-0.4, -0.2) is 61.5 Å². The summed E-state index contributed by atoms with van der Waals surface area (Å²) in [4.78, 5) is 32.2. The highest BCUT2D eigenvalue weighted by atomic mass is 16.6. The number of carboxylic acid groups (broad SMARTS) is 1. The van der Waals surface area contributed by atoms with Crippen molar-refractivity contribution in [3.05, 3.63) is 23.5 Å². The van der Waals surface area contributed by atoms with Crippen LogP contribution in [0.1, 0.15) is 64.6 Å². The Bertz CT molecular complexity index is 939. The average Bonchev–Trinajstić information content (AvgIpc) is 3.04. The molecule has 1 aliphatic rings. The van der Waals surface area contributed by atoms with E-state index < -0.39 is 17.8 Å². The van der Waals surface area contributed by atoms with Gasteiger partial charge in [0.1, 0.15) is 11.4 Å². The van der Waals surface area contributed by atoms with Crippen LogP contribution in [0.25, 0.3) is 5.65 Å². The number of fused-ring (bicyclic) bond motifs is 1. The molecule has 0 atom stereocenters. The van der Waals surface area contributed by atoms with E-state index in [-0.39, 0.29) is 12.0 Å². The topological polar surface area (TPSA) is 100 Å². The molecule has 2 amide bonds. The number of likely N-dealkylation sites (tertiary alicyclic amines) is 1. The smallest absolute Gasteiger partial charge is 0.416 e. The van der Waals surface area contributed by atoms with E-state index in [1.807, 2.05) is 33.8 Å². The lowest BCUT2D eigenvalue weighted by atomic mass is 10.0. The van der Waals surface area contributed by atoms with Crippen molar-refractivity contribution >= 4 is 23.7 Å². The number of ether oxygens (including phenoxy) is 1. The second kappa shape index (κ2) is 8.12. The van der Waals surface area contributed by atoms with Crippen molar-refractivity contribution in [2.75, 3.05) is 18.0 Å². The molecule has 1 aliphatic heterocycles. The first-order valence-corrected chi connectivity index (χ1v) is 10.3. The lowest BCUT2D eigenvalue weighted by Crippen LogP contribution is -2.50. The van der Waals surface area contributed by atoms with Gasteiger partial charge in [-0.1, -0.05) is 13.8 Å². The van der Waals surface area contributed by atoms with Gasteiger partial charge in [0.2, 0.25) is 0 Å². The monoisotopic (exact) mass is 417 g/mol. The van der Waals surface area contributed by atoms with Gasteiger partial charge in [-0.3, -0.25) is 4.90 Å². The Labute approximate surface area is 176 Å². The predicted octanol–water partition coefficient (Wildman–Crippen LogP) is 4.05. The summed E-state index contributed by atoms with van der Waals surface area (Å²) in [6.07, 6.45) is 1.42. The average molecular weight is 418 g/mol. The second-order valence-corrected chi connectivity index (χ2v) is 9.10. The SMILES string of the molecule is Cc1cc(N(C(=O)OC(C)(C)C)C2CCN(C(=O)O)CC2)n2ncc(C(C)C)c2n1. The fourth-order valence-electron chi connectivity index (χ4n) is 3.72. The number of hydrogen-bond donors (Lipinski definition) is 1. The Morgan fingerprint density at radius 3 is 2.43 bits per heavy atom. The Morgan fingerprint density at radius 1 is 1.27 bits per heavy atom. The minimum absolute atomic E-state index is 0.202. The minimum atomic E-state index is -0.937. The van der Waals surface area contributed by atoms with Crippen LogP contribution in [-0.2, 0) is 4.74 Å². The third-order valence-corrected chi connectivity index (χ3v) is 5.17. The van der Waals surface area contributed by atoms with Gasteiger partial charge in [0, 0.05) is 36.5 Å². The van der Waals surface area contributed by atoms with E-state index in [1.165, 1.54) is 4.90 Å². The van der Waals surface area contributed by atoms with Gasteiger partial charge >= 0.3 is 12.2 Å². The van der Waals surface area contributed by atoms with E-state index in [9.17, 15) is 14.7 Å². The van der Waals surface area contributed by atoms with E-state index in [1.54, 1.807) is 15.6 Å². The number of rotatable bonds is 3. The van der Waals surface area contributed by atoms with E-state index >= 15 is 0 Å². The molecular weight excluding hydrogens is 386 g/mol. The molecule has 164 valence electrons. The molecule has 0 radical (unpaired) electrons. The highest BCUT2D eigenvalue weighted by Crippen LogP contribution is 2.29. The largest absolute Gasteiger partial charge is 0.465 e. The summed E-state index contributed by atoms with van der Waals surface area (Å²) in [5.74, 6) is 0.825. The summed E-state index contributed by atoms with van der Waals surface area (Å²) >= 11 is 0. The molecule has 1 saturated heterocycles. The van der Waals surface area contributed by atoms with Crippen molar-refractivity contribution in [3.8, 4) is 0 Å². The zero-order chi connectivity index (χ0) is 22.2. The molecule has 2 aromatic heterocycles. The third-order valence-electron chi connectivity index (χ3n) is 5.17. The summed E-state index contributed by atoms with van der Waals surface area (Å²) in [5.41, 5.74) is 1.84. The van der Waals surface area contributed by atoms with Crippen LogP contribution in [0, 0.1) is 6.92 Å². The van der Waals surface area contributed by atoms with Gasteiger partial charge in [-0.15, -0.1) is 0 Å². The Morgan fingerprint density at radius 2 is 1.90 bits per heavy atom. The molecule has 9 heteroatoms. The lowest BCUT2D eigenvalue weighted by Gasteiger charge is -2.38. The quantitative estimate of drug-likeness (QED) is 0.809. The number of anilines is 1. The molecule has 0 aliphatic carbocycles. The van der Waals surface area contributed by atoms with Gasteiger partial charge in [-0.25, -0.2) is 14.6 Å². The summed E-state index contributed by atoms with van der Waals surface area (Å²) in [5, 5.41) is 13.8. The predicted molar refractivity (Wildman–Crippen MR) is 113 cm³/mol. The lowest BCUT2D eigenvalue weighted by molar-refractivity contribution is 0.0547. The third kappa shape index (κ3) is 4.49. The number of carbonyl (C=O) groups is 2. The Hall–Kier alpha value is -2.84. The number of aromatic nitrogens is 3. The van der Waals surface area contributed by atoms with E-state index in [2.05, 4.69) is 23.9 Å². The van der Waals surface area contributed by atoms with Crippen LogP contribution in [0.15, 0.2) is 12.3 Å². The molecular formula is C21H31N5O4. The van der Waals surface area contributed by atoms with Crippen molar-refractivity contribution in [3.63, 3.8) is 0 Å². The molecule has 0 aromatic carbocycles.